The van der Waals surface area contributed by atoms with Crippen LogP contribution in [-0.4, -0.2) is 32.6 Å². The van der Waals surface area contributed by atoms with Crippen molar-refractivity contribution in [2.45, 2.75) is 6.04 Å². The van der Waals surface area contributed by atoms with Crippen LogP contribution in [-0.2, 0) is 4.79 Å². The number of hydrogen-bond donors (Lipinski definition) is 2. The lowest BCUT2D eigenvalue weighted by molar-refractivity contribution is -0.120. The van der Waals surface area contributed by atoms with Gasteiger partial charge in [0.05, 0.1) is 20.3 Å². The molecular weight excluding hydrogens is 440 g/mol. The van der Waals surface area contributed by atoms with E-state index in [2.05, 4.69) is 5.32 Å². The molecular formula is C22H21ClN2O5S. The predicted molar refractivity (Wildman–Crippen MR) is 119 cm³/mol. The highest BCUT2D eigenvalue weighted by atomic mass is 35.5. The summed E-state index contributed by atoms with van der Waals surface area (Å²) in [6.07, 6.45) is 0. The Labute approximate surface area is 188 Å². The van der Waals surface area contributed by atoms with Crippen LogP contribution in [0.2, 0.25) is 5.02 Å². The zero-order valence-corrected chi connectivity index (χ0v) is 18.5. The second-order valence-electron chi connectivity index (χ2n) is 6.48. The van der Waals surface area contributed by atoms with Gasteiger partial charge < -0.3 is 25.3 Å². The van der Waals surface area contributed by atoms with Gasteiger partial charge in [-0.25, -0.2) is 0 Å². The predicted octanol–water partition coefficient (Wildman–Crippen LogP) is 3.80. The van der Waals surface area contributed by atoms with Crippen LogP contribution in [0.5, 0.6) is 17.2 Å². The van der Waals surface area contributed by atoms with E-state index in [0.717, 1.165) is 11.1 Å². The van der Waals surface area contributed by atoms with Crippen molar-refractivity contribution in [1.82, 2.24) is 5.32 Å². The molecule has 9 heteroatoms. The number of hydrogen-bond acceptors (Lipinski definition) is 6. The molecule has 31 heavy (non-hydrogen) atoms. The molecule has 0 aliphatic rings. The summed E-state index contributed by atoms with van der Waals surface area (Å²) in [5.41, 5.74) is 7.28. The second-order valence-corrected chi connectivity index (χ2v) is 7.70. The number of amides is 2. The molecule has 0 bridgehead atoms. The minimum Gasteiger partial charge on any atom is -0.493 e. The molecule has 0 aliphatic carbocycles. The number of halogens is 1. The number of methoxy groups -OCH3 is 2. The Morgan fingerprint density at radius 2 is 1.71 bits per heavy atom. The van der Waals surface area contributed by atoms with Gasteiger partial charge in [0.2, 0.25) is 5.75 Å². The quantitative estimate of drug-likeness (QED) is 0.506. The number of rotatable bonds is 9. The minimum atomic E-state index is -0.646. The molecule has 1 unspecified atom stereocenters. The van der Waals surface area contributed by atoms with E-state index >= 15 is 0 Å². The number of ether oxygens (including phenoxy) is 3. The lowest BCUT2D eigenvalue weighted by atomic mass is 10.0. The van der Waals surface area contributed by atoms with Crippen molar-refractivity contribution in [1.29, 1.82) is 0 Å². The van der Waals surface area contributed by atoms with Gasteiger partial charge in [0, 0.05) is 10.6 Å². The number of thiophene rings is 1. The van der Waals surface area contributed by atoms with Crippen LogP contribution in [0.1, 0.15) is 27.5 Å². The molecule has 7 nitrogen and oxygen atoms in total. The standard InChI is InChI=1S/C22H21ClN2O5S/c1-28-17-9-15(10-18(29-2)21(17)30-11-19(24)26)22(27)25-20(14-7-8-31-12-14)13-3-5-16(23)6-4-13/h3-10,12,20H,11H2,1-2H3,(H2,24,26)(H,25,27). The van der Waals surface area contributed by atoms with Crippen molar-refractivity contribution in [2.24, 2.45) is 5.73 Å². The molecule has 0 saturated heterocycles. The van der Waals surface area contributed by atoms with Crippen molar-refractivity contribution in [3.63, 3.8) is 0 Å². The third-order valence-electron chi connectivity index (χ3n) is 4.44. The average molecular weight is 461 g/mol. The largest absolute Gasteiger partial charge is 0.493 e. The first-order valence-corrected chi connectivity index (χ1v) is 10.5. The topological polar surface area (TPSA) is 99.9 Å². The zero-order chi connectivity index (χ0) is 22.4. The van der Waals surface area contributed by atoms with Gasteiger partial charge in [-0.3, -0.25) is 9.59 Å². The molecule has 2 amide bonds. The summed E-state index contributed by atoms with van der Waals surface area (Å²) < 4.78 is 16.1. The Hall–Kier alpha value is -3.23. The second kappa shape index (κ2) is 10.2. The highest BCUT2D eigenvalue weighted by Gasteiger charge is 2.22. The number of nitrogens with one attached hydrogen (secondary N) is 1. The maximum Gasteiger partial charge on any atom is 0.255 e. The third-order valence-corrected chi connectivity index (χ3v) is 5.39. The van der Waals surface area contributed by atoms with Crippen LogP contribution < -0.4 is 25.3 Å². The Morgan fingerprint density at radius 1 is 1.06 bits per heavy atom. The van der Waals surface area contributed by atoms with Crippen LogP contribution in [0.25, 0.3) is 0 Å². The fraction of sp³-hybridized carbons (Fsp3) is 0.182. The average Bonchev–Trinajstić information content (AvgIpc) is 3.30. The molecule has 2 aromatic carbocycles. The molecule has 0 fully saturated rings. The lowest BCUT2D eigenvalue weighted by Gasteiger charge is -2.20. The summed E-state index contributed by atoms with van der Waals surface area (Å²) in [5, 5.41) is 7.57. The smallest absolute Gasteiger partial charge is 0.255 e. The maximum absolute atomic E-state index is 13.1. The van der Waals surface area contributed by atoms with E-state index in [1.807, 2.05) is 29.0 Å². The number of benzene rings is 2. The van der Waals surface area contributed by atoms with E-state index in [-0.39, 0.29) is 35.8 Å². The Kier molecular flexibility index (Phi) is 7.38. The first-order chi connectivity index (χ1) is 14.9. The SMILES string of the molecule is COc1cc(C(=O)NC(c2ccc(Cl)cc2)c2ccsc2)cc(OC)c1OCC(N)=O. The van der Waals surface area contributed by atoms with E-state index in [1.165, 1.54) is 37.7 Å². The highest BCUT2D eigenvalue weighted by molar-refractivity contribution is 7.08. The van der Waals surface area contributed by atoms with E-state index in [9.17, 15) is 9.59 Å². The maximum atomic E-state index is 13.1. The molecule has 3 rings (SSSR count). The highest BCUT2D eigenvalue weighted by Crippen LogP contribution is 2.39. The van der Waals surface area contributed by atoms with E-state index < -0.39 is 5.91 Å². The fourth-order valence-corrected chi connectivity index (χ4v) is 3.78. The van der Waals surface area contributed by atoms with Crippen molar-refractivity contribution < 1.29 is 23.8 Å². The molecule has 0 aliphatic heterocycles. The van der Waals surface area contributed by atoms with Gasteiger partial charge in [0.25, 0.3) is 11.8 Å². The van der Waals surface area contributed by atoms with Crippen LogP contribution in [0.3, 0.4) is 0 Å². The van der Waals surface area contributed by atoms with E-state index in [1.54, 1.807) is 12.1 Å². The van der Waals surface area contributed by atoms with Gasteiger partial charge in [-0.05, 0) is 52.2 Å². The zero-order valence-electron chi connectivity index (χ0n) is 16.9. The van der Waals surface area contributed by atoms with Crippen LogP contribution in [0.15, 0.2) is 53.2 Å². The third kappa shape index (κ3) is 5.48. The van der Waals surface area contributed by atoms with Crippen molar-refractivity contribution in [2.75, 3.05) is 20.8 Å². The van der Waals surface area contributed by atoms with Crippen LogP contribution >= 0.6 is 22.9 Å². The molecule has 1 atom stereocenters. The summed E-state index contributed by atoms with van der Waals surface area (Å²) in [7, 11) is 2.85. The molecule has 0 spiro atoms. The van der Waals surface area contributed by atoms with Gasteiger partial charge in [-0.15, -0.1) is 0 Å². The number of carbonyl (C=O) groups is 2. The Balaban J connectivity index is 1.93. The van der Waals surface area contributed by atoms with Crippen LogP contribution in [0.4, 0.5) is 0 Å². The van der Waals surface area contributed by atoms with Gasteiger partial charge in [-0.1, -0.05) is 23.7 Å². The van der Waals surface area contributed by atoms with Gasteiger partial charge in [0.15, 0.2) is 18.1 Å². The minimum absolute atomic E-state index is 0.187. The van der Waals surface area contributed by atoms with Crippen molar-refractivity contribution >= 4 is 34.8 Å². The molecule has 3 aromatic rings. The first-order valence-electron chi connectivity index (χ1n) is 9.18. The molecule has 1 aromatic heterocycles. The van der Waals surface area contributed by atoms with E-state index in [4.69, 9.17) is 31.5 Å². The summed E-state index contributed by atoms with van der Waals surface area (Å²) in [6, 6.07) is 11.9. The molecule has 0 radical (unpaired) electrons. The number of nitrogens with two attached hydrogens (primary N) is 1. The summed E-state index contributed by atoms with van der Waals surface area (Å²) in [6.45, 7) is -0.352. The number of carbonyl (C=O) groups excluding carboxylic acids is 2. The van der Waals surface area contributed by atoms with E-state index in [0.29, 0.717) is 10.6 Å². The molecule has 162 valence electrons. The monoisotopic (exact) mass is 460 g/mol. The first kappa shape index (κ1) is 22.5. The molecule has 0 saturated carbocycles. The Morgan fingerprint density at radius 3 is 2.23 bits per heavy atom. The summed E-state index contributed by atoms with van der Waals surface area (Å²) >= 11 is 7.55. The van der Waals surface area contributed by atoms with Gasteiger partial charge in [-0.2, -0.15) is 11.3 Å². The van der Waals surface area contributed by atoms with Crippen molar-refractivity contribution in [3.05, 3.63) is 74.9 Å². The molecule has 1 heterocycles. The van der Waals surface area contributed by atoms with Crippen molar-refractivity contribution in [3.8, 4) is 17.2 Å². The van der Waals surface area contributed by atoms with Crippen LogP contribution in [0, 0.1) is 0 Å². The van der Waals surface area contributed by atoms with Gasteiger partial charge in [0.1, 0.15) is 0 Å². The molecule has 3 N–H and O–H groups in total. The van der Waals surface area contributed by atoms with Gasteiger partial charge >= 0.3 is 0 Å². The summed E-state index contributed by atoms with van der Waals surface area (Å²) in [4.78, 5) is 24.2. The Bertz CT molecular complexity index is 1030. The lowest BCUT2D eigenvalue weighted by Crippen LogP contribution is -2.29. The number of primary amides is 1. The fourth-order valence-electron chi connectivity index (χ4n) is 2.96. The normalized spacial score (nSPS) is 11.5. The summed E-state index contributed by atoms with van der Waals surface area (Å²) in [5.74, 6) is -0.321.